The number of amides is 1. The Morgan fingerprint density at radius 3 is 2.36 bits per heavy atom. The molecule has 0 bridgehead atoms. The molecule has 2 aliphatic carbocycles. The molecule has 1 heterocycles. The lowest BCUT2D eigenvalue weighted by Gasteiger charge is -2.42. The lowest BCUT2D eigenvalue weighted by molar-refractivity contribution is -0.172. The summed E-state index contributed by atoms with van der Waals surface area (Å²) in [7, 11) is 1.29. The Hall–Kier alpha value is -3.54. The highest BCUT2D eigenvalue weighted by Gasteiger charge is 2.55. The Labute approximate surface area is 289 Å². The Balaban J connectivity index is 1.39. The van der Waals surface area contributed by atoms with Crippen LogP contribution in [0.15, 0.2) is 59.7 Å². The number of allylic oxidation sites excluding steroid dienone is 4. The second kappa shape index (κ2) is 15.8. The van der Waals surface area contributed by atoms with Crippen LogP contribution in [-0.4, -0.2) is 46.2 Å². The highest BCUT2D eigenvalue weighted by molar-refractivity contribution is 5.90. The number of alkyl halides is 6. The molecule has 3 aliphatic rings. The van der Waals surface area contributed by atoms with Crippen LogP contribution in [0.3, 0.4) is 0 Å². The van der Waals surface area contributed by atoms with Gasteiger partial charge < -0.3 is 19.8 Å². The third-order valence-electron chi connectivity index (χ3n) is 10.4. The lowest BCUT2D eigenvalue weighted by atomic mass is 9.78. The zero-order chi connectivity index (χ0) is 37.0. The first kappa shape index (κ1) is 39.2. The number of hydrogen-bond acceptors (Lipinski definition) is 4. The third kappa shape index (κ3) is 9.41. The van der Waals surface area contributed by atoms with Crippen molar-refractivity contribution in [1.29, 1.82) is 0 Å². The highest BCUT2D eigenvalue weighted by atomic mass is 19.4. The zero-order valence-electron chi connectivity index (χ0n) is 28.8. The summed E-state index contributed by atoms with van der Waals surface area (Å²) in [5.74, 6) is -2.28. The second-order valence-corrected chi connectivity index (χ2v) is 14.1. The molecule has 2 unspecified atom stereocenters. The average molecular weight is 712 g/mol. The number of carbonyl (C=O) groups excluding carboxylic acids is 1. The van der Waals surface area contributed by atoms with Gasteiger partial charge in [0.1, 0.15) is 11.4 Å². The molecule has 2 N–H and O–H groups in total. The first-order chi connectivity index (χ1) is 23.4. The van der Waals surface area contributed by atoms with Gasteiger partial charge in [0.25, 0.3) is 5.91 Å². The van der Waals surface area contributed by atoms with Gasteiger partial charge in [-0.25, -0.2) is 4.79 Å². The van der Waals surface area contributed by atoms with Crippen LogP contribution < -0.4 is 0 Å². The fraction of sp³-hybridized carbons (Fsp3) is 0.579. The zero-order valence-corrected chi connectivity index (χ0v) is 28.8. The molecule has 0 spiro atoms. The van der Waals surface area contributed by atoms with E-state index in [1.54, 1.807) is 12.2 Å². The number of ether oxygens (including phenoxy) is 1. The lowest BCUT2D eigenvalue weighted by Crippen LogP contribution is -2.54. The monoisotopic (exact) mass is 711 g/mol. The van der Waals surface area contributed by atoms with Gasteiger partial charge in [-0.1, -0.05) is 57.1 Å². The first-order valence-electron chi connectivity index (χ1n) is 17.2. The molecule has 50 heavy (non-hydrogen) atoms. The fourth-order valence-electron chi connectivity index (χ4n) is 7.29. The number of phenols is 1. The number of halogens is 6. The van der Waals surface area contributed by atoms with Crippen molar-refractivity contribution in [2.75, 3.05) is 13.7 Å². The van der Waals surface area contributed by atoms with Crippen molar-refractivity contribution in [1.82, 2.24) is 4.90 Å². The van der Waals surface area contributed by atoms with Crippen molar-refractivity contribution in [3.05, 3.63) is 76.4 Å². The number of aliphatic carboxylic acids is 1. The Bertz CT molecular complexity index is 1510. The molecule has 276 valence electrons. The summed E-state index contributed by atoms with van der Waals surface area (Å²) in [4.78, 5) is 26.5. The van der Waals surface area contributed by atoms with Gasteiger partial charge in [0.15, 0.2) is 0 Å². The van der Waals surface area contributed by atoms with Crippen LogP contribution in [0.25, 0.3) is 0 Å². The topological polar surface area (TPSA) is 87.1 Å². The molecule has 4 rings (SSSR count). The summed E-state index contributed by atoms with van der Waals surface area (Å²) in [6.45, 7) is 8.23. The van der Waals surface area contributed by atoms with Gasteiger partial charge in [0.05, 0.1) is 23.3 Å². The summed E-state index contributed by atoms with van der Waals surface area (Å²) in [6.07, 6.45) is 4.41. The number of hydrogen-bond donors (Lipinski definition) is 2. The number of phenolic OH excluding ortho intramolecular Hbond substituents is 1. The summed E-state index contributed by atoms with van der Waals surface area (Å²) in [5.41, 5.74) is -2.99. The number of aromatic hydroxyl groups is 1. The molecule has 0 radical (unpaired) electrons. The maximum Gasteiger partial charge on any atom is 0.419 e. The fourth-order valence-corrected chi connectivity index (χ4v) is 7.29. The molecular weight excluding hydrogens is 664 g/mol. The van der Waals surface area contributed by atoms with Crippen LogP contribution in [0.5, 0.6) is 5.75 Å². The molecule has 12 heteroatoms. The van der Waals surface area contributed by atoms with E-state index in [1.807, 2.05) is 12.2 Å². The average Bonchev–Trinajstić information content (AvgIpc) is 3.91. The molecule has 6 nitrogen and oxygen atoms in total. The van der Waals surface area contributed by atoms with Crippen molar-refractivity contribution in [2.24, 2.45) is 23.7 Å². The minimum atomic E-state index is -5.23. The molecule has 1 amide bonds. The van der Waals surface area contributed by atoms with Gasteiger partial charge >= 0.3 is 18.3 Å². The Morgan fingerprint density at radius 1 is 1.10 bits per heavy atom. The number of carboxylic acid groups (broad SMARTS) is 1. The van der Waals surface area contributed by atoms with Crippen molar-refractivity contribution < 1.29 is 50.9 Å². The van der Waals surface area contributed by atoms with E-state index in [2.05, 4.69) is 20.4 Å². The van der Waals surface area contributed by atoms with Crippen LogP contribution >= 0.6 is 0 Å². The molecular formula is C38H47F6NO5. The number of benzene rings is 1. The van der Waals surface area contributed by atoms with Gasteiger partial charge in [-0.2, -0.15) is 26.3 Å². The largest absolute Gasteiger partial charge is 0.507 e. The SMILES string of the molecule is C=C(CCC(C)C(CCC)CC1=CC(C(=O)O)=CCC=C1)[C@@H]1CC[C@@](C(=O)N(C)Cc2cc(C(F)(F)F)cc(C(F)(F)F)c2O)(C2CC2)OC1. The molecule has 1 saturated carbocycles. The molecule has 0 aromatic heterocycles. The highest BCUT2D eigenvalue weighted by Crippen LogP contribution is 2.50. The predicted octanol–water partition coefficient (Wildman–Crippen LogP) is 9.64. The molecule has 1 aromatic carbocycles. The number of carboxylic acids is 1. The molecule has 1 aromatic rings. The van der Waals surface area contributed by atoms with E-state index in [4.69, 9.17) is 4.74 Å². The van der Waals surface area contributed by atoms with Crippen LogP contribution in [0.1, 0.15) is 94.7 Å². The molecule has 1 saturated heterocycles. The van der Waals surface area contributed by atoms with Crippen molar-refractivity contribution >= 4 is 11.9 Å². The normalized spacial score (nSPS) is 22.6. The minimum Gasteiger partial charge on any atom is -0.507 e. The first-order valence-corrected chi connectivity index (χ1v) is 17.2. The second-order valence-electron chi connectivity index (χ2n) is 14.1. The van der Waals surface area contributed by atoms with Gasteiger partial charge in [-0.15, -0.1) is 0 Å². The van der Waals surface area contributed by atoms with E-state index >= 15 is 0 Å². The van der Waals surface area contributed by atoms with E-state index in [1.165, 1.54) is 7.05 Å². The summed E-state index contributed by atoms with van der Waals surface area (Å²) in [6, 6.07) is 0.316. The maximum atomic E-state index is 13.9. The number of carbonyl (C=O) groups is 2. The summed E-state index contributed by atoms with van der Waals surface area (Å²) < 4.78 is 87.3. The van der Waals surface area contributed by atoms with Gasteiger partial charge in [-0.05, 0) is 92.9 Å². The van der Waals surface area contributed by atoms with E-state index in [0.717, 1.165) is 48.2 Å². The van der Waals surface area contributed by atoms with E-state index in [0.29, 0.717) is 55.6 Å². The van der Waals surface area contributed by atoms with E-state index in [-0.39, 0.29) is 24.5 Å². The Morgan fingerprint density at radius 2 is 1.80 bits per heavy atom. The van der Waals surface area contributed by atoms with E-state index in [9.17, 15) is 46.1 Å². The minimum absolute atomic E-state index is 0.0191. The van der Waals surface area contributed by atoms with Gasteiger partial charge in [0.2, 0.25) is 0 Å². The molecule has 4 atom stereocenters. The van der Waals surface area contributed by atoms with Crippen molar-refractivity contribution in [2.45, 2.75) is 103 Å². The molecule has 2 fully saturated rings. The predicted molar refractivity (Wildman–Crippen MR) is 177 cm³/mol. The van der Waals surface area contributed by atoms with Gasteiger partial charge in [0, 0.05) is 25.1 Å². The smallest absolute Gasteiger partial charge is 0.419 e. The summed E-state index contributed by atoms with van der Waals surface area (Å²) in [5, 5.41) is 19.8. The van der Waals surface area contributed by atoms with Crippen LogP contribution in [-0.2, 0) is 33.2 Å². The van der Waals surface area contributed by atoms with Crippen LogP contribution in [0.2, 0.25) is 0 Å². The standard InChI is InChI=1S/C38H47F6NO5/c1-5-8-26(17-25-9-6-7-10-27(18-25)34(47)48)23(2)11-12-24(3)28-15-16-36(50-22-28,30-13-14-30)35(49)45(4)21-29-19-31(37(39,40)41)20-32(33(29)46)38(42,43)44/h6,9-10,18-20,23,26,28,30,46H,3,5,7-8,11-17,21-22H2,1-2,4H3,(H,47,48)/t23?,26?,28-,36+/m1/s1. The third-order valence-corrected chi connectivity index (χ3v) is 10.4. The quantitative estimate of drug-likeness (QED) is 0.148. The van der Waals surface area contributed by atoms with Gasteiger partial charge in [-0.3, -0.25) is 4.79 Å². The molecule has 1 aliphatic heterocycles. The summed E-state index contributed by atoms with van der Waals surface area (Å²) >= 11 is 0. The van der Waals surface area contributed by atoms with Crippen molar-refractivity contribution in [3.8, 4) is 5.75 Å². The Kier molecular flexibility index (Phi) is 12.4. The van der Waals surface area contributed by atoms with E-state index < -0.39 is 58.8 Å². The number of nitrogens with zero attached hydrogens (tertiary/aromatic N) is 1. The number of rotatable bonds is 14. The van der Waals surface area contributed by atoms with Crippen LogP contribution in [0, 0.1) is 23.7 Å². The number of likely N-dealkylation sites (N-methyl/N-ethyl adjacent to an activating group) is 1. The van der Waals surface area contributed by atoms with Crippen LogP contribution in [0.4, 0.5) is 26.3 Å². The maximum absolute atomic E-state index is 13.9. The van der Waals surface area contributed by atoms with Crippen molar-refractivity contribution in [3.63, 3.8) is 0 Å².